The molecule has 1 aromatic carbocycles. The van der Waals surface area contributed by atoms with Gasteiger partial charge in [0.1, 0.15) is 11.6 Å². The molecule has 0 aliphatic carbocycles. The van der Waals surface area contributed by atoms with Crippen molar-refractivity contribution in [3.8, 4) is 0 Å². The summed E-state index contributed by atoms with van der Waals surface area (Å²) in [7, 11) is 0. The van der Waals surface area contributed by atoms with Gasteiger partial charge in [-0.2, -0.15) is 0 Å². The number of nitrogens with one attached hydrogen (secondary N) is 1. The molecule has 0 bridgehead atoms. The summed E-state index contributed by atoms with van der Waals surface area (Å²) < 4.78 is 14.1. The van der Waals surface area contributed by atoms with Crippen LogP contribution in [-0.2, 0) is 6.42 Å². The molecule has 30 heavy (non-hydrogen) atoms. The molecule has 4 rings (SSSR count). The van der Waals surface area contributed by atoms with Crippen molar-refractivity contribution in [1.29, 1.82) is 0 Å². The van der Waals surface area contributed by atoms with Gasteiger partial charge in [-0.05, 0) is 43.2 Å². The number of rotatable bonds is 4. The lowest BCUT2D eigenvalue weighted by Crippen LogP contribution is -2.55. The summed E-state index contributed by atoms with van der Waals surface area (Å²) in [6, 6.07) is 5.87. The minimum absolute atomic E-state index is 0.0474. The van der Waals surface area contributed by atoms with Crippen LogP contribution in [0.3, 0.4) is 0 Å². The monoisotopic (exact) mass is 449 g/mol. The van der Waals surface area contributed by atoms with Crippen molar-refractivity contribution in [3.63, 3.8) is 0 Å². The number of hydrogen-bond acceptors (Lipinski definition) is 6. The van der Waals surface area contributed by atoms with Gasteiger partial charge in [-0.15, -0.1) is 0 Å². The van der Waals surface area contributed by atoms with E-state index in [-0.39, 0.29) is 24.5 Å². The molecule has 3 heterocycles. The van der Waals surface area contributed by atoms with Crippen LogP contribution in [0.5, 0.6) is 0 Å². The molecule has 2 amide bonds. The van der Waals surface area contributed by atoms with Crippen LogP contribution in [-0.4, -0.2) is 58.3 Å². The van der Waals surface area contributed by atoms with E-state index in [9.17, 15) is 9.18 Å². The number of aliphatic hydroxyl groups excluding tert-OH is 1. The van der Waals surface area contributed by atoms with Gasteiger partial charge in [-0.25, -0.2) is 19.2 Å². The number of aliphatic hydroxyl groups is 1. The maximum Gasteiger partial charge on any atom is 0.324 e. The third-order valence-corrected chi connectivity index (χ3v) is 6.24. The van der Waals surface area contributed by atoms with Crippen molar-refractivity contribution in [2.45, 2.75) is 19.4 Å². The lowest BCUT2D eigenvalue weighted by Gasteiger charge is -2.40. The largest absolute Gasteiger partial charge is 0.396 e. The number of piperazine rings is 1. The molecule has 1 fully saturated rings. The lowest BCUT2D eigenvalue weighted by atomic mass is 10.2. The second-order valence-corrected chi connectivity index (χ2v) is 8.61. The molecule has 0 spiro atoms. The average Bonchev–Trinajstić information content (AvgIpc) is 3.09. The van der Waals surface area contributed by atoms with E-state index >= 15 is 0 Å². The highest BCUT2D eigenvalue weighted by Crippen LogP contribution is 2.29. The van der Waals surface area contributed by atoms with Crippen molar-refractivity contribution >= 4 is 50.1 Å². The molecule has 10 heteroatoms. The van der Waals surface area contributed by atoms with E-state index in [4.69, 9.17) is 16.7 Å². The van der Waals surface area contributed by atoms with Crippen LogP contribution in [0.1, 0.15) is 12.5 Å². The molecule has 1 aliphatic rings. The van der Waals surface area contributed by atoms with Gasteiger partial charge >= 0.3 is 6.03 Å². The summed E-state index contributed by atoms with van der Waals surface area (Å²) in [5, 5.41) is 12.9. The van der Waals surface area contributed by atoms with Gasteiger partial charge in [0, 0.05) is 38.5 Å². The fourth-order valence-corrected chi connectivity index (χ4v) is 4.72. The van der Waals surface area contributed by atoms with E-state index in [2.05, 4.69) is 20.2 Å². The first-order valence-electron chi connectivity index (χ1n) is 9.58. The number of carbonyl (C=O) groups is 1. The van der Waals surface area contributed by atoms with Gasteiger partial charge in [0.2, 0.25) is 0 Å². The number of anilines is 2. The highest BCUT2D eigenvalue weighted by Gasteiger charge is 2.29. The Bertz CT molecular complexity index is 1080. The molecule has 7 nitrogen and oxygen atoms in total. The molecule has 1 aliphatic heterocycles. The predicted octanol–water partition coefficient (Wildman–Crippen LogP) is 3.76. The fourth-order valence-electron chi connectivity index (χ4n) is 3.54. The highest BCUT2D eigenvalue weighted by molar-refractivity contribution is 7.22. The quantitative estimate of drug-likeness (QED) is 0.633. The Balaban J connectivity index is 1.41. The van der Waals surface area contributed by atoms with Crippen LogP contribution >= 0.6 is 22.9 Å². The topological polar surface area (TPSA) is 81.6 Å². The van der Waals surface area contributed by atoms with Gasteiger partial charge in [-0.3, -0.25) is 5.32 Å². The Hall–Kier alpha value is -2.49. The zero-order valence-electron chi connectivity index (χ0n) is 16.3. The number of aromatic nitrogens is 2. The Labute approximate surface area is 182 Å². The Kier molecular flexibility index (Phi) is 6.03. The molecule has 2 aromatic heterocycles. The number of amides is 2. The van der Waals surface area contributed by atoms with Crippen LogP contribution in [0.4, 0.5) is 20.1 Å². The number of hydrogen-bond donors (Lipinski definition) is 2. The van der Waals surface area contributed by atoms with Crippen molar-refractivity contribution < 1.29 is 14.3 Å². The molecule has 0 saturated carbocycles. The van der Waals surface area contributed by atoms with Gasteiger partial charge in [0.25, 0.3) is 0 Å². The van der Waals surface area contributed by atoms with E-state index in [0.29, 0.717) is 52.2 Å². The summed E-state index contributed by atoms with van der Waals surface area (Å²) in [6.45, 7) is 3.70. The smallest absolute Gasteiger partial charge is 0.324 e. The SMILES string of the molecule is CC1CN(c2ncc(CCO)cc2Cl)CCN1C(=O)Nc1nc2ccc(F)cc2s1. The van der Waals surface area contributed by atoms with Crippen molar-refractivity contribution in [2.24, 2.45) is 0 Å². The third-order valence-electron chi connectivity index (χ3n) is 5.03. The zero-order valence-corrected chi connectivity index (χ0v) is 17.9. The third kappa shape index (κ3) is 4.33. The summed E-state index contributed by atoms with van der Waals surface area (Å²) >= 11 is 7.63. The first-order valence-corrected chi connectivity index (χ1v) is 10.8. The predicted molar refractivity (Wildman–Crippen MR) is 117 cm³/mol. The molecule has 1 saturated heterocycles. The maximum atomic E-state index is 13.4. The lowest BCUT2D eigenvalue weighted by molar-refractivity contribution is 0.184. The number of benzene rings is 1. The van der Waals surface area contributed by atoms with Gasteiger partial charge in [0.15, 0.2) is 5.13 Å². The number of urea groups is 1. The Morgan fingerprint density at radius 1 is 1.40 bits per heavy atom. The summed E-state index contributed by atoms with van der Waals surface area (Å²) in [6.07, 6.45) is 2.23. The number of carbonyl (C=O) groups excluding carboxylic acids is 1. The number of fused-ring (bicyclic) bond motifs is 1. The molecule has 158 valence electrons. The van der Waals surface area contributed by atoms with Crippen LogP contribution in [0.15, 0.2) is 30.5 Å². The number of thiazole rings is 1. The second kappa shape index (κ2) is 8.71. The molecule has 1 atom stereocenters. The number of halogens is 2. The van der Waals surface area contributed by atoms with Gasteiger partial charge < -0.3 is 14.9 Å². The van der Waals surface area contributed by atoms with Crippen molar-refractivity contribution in [2.75, 3.05) is 36.5 Å². The second-order valence-electron chi connectivity index (χ2n) is 7.17. The molecule has 3 aromatic rings. The van der Waals surface area contributed by atoms with E-state index in [1.807, 2.05) is 13.0 Å². The standard InChI is InChI=1S/C20H21ClFN5O2S/c1-12-11-26(18-15(21)8-13(4-7-28)10-23-18)5-6-27(12)20(29)25-19-24-16-3-2-14(22)9-17(16)30-19/h2-3,8-10,12,28H,4-7,11H2,1H3,(H,24,25,29). The first kappa shape index (κ1) is 20.8. The first-order chi connectivity index (χ1) is 14.4. The van der Waals surface area contributed by atoms with Crippen LogP contribution in [0, 0.1) is 5.82 Å². The summed E-state index contributed by atoms with van der Waals surface area (Å²) in [4.78, 5) is 25.4. The zero-order chi connectivity index (χ0) is 21.3. The normalized spacial score (nSPS) is 16.9. The fraction of sp³-hybridized carbons (Fsp3) is 0.350. The molecule has 2 N–H and O–H groups in total. The highest BCUT2D eigenvalue weighted by atomic mass is 35.5. The van der Waals surface area contributed by atoms with Crippen LogP contribution < -0.4 is 10.2 Å². The Morgan fingerprint density at radius 3 is 2.97 bits per heavy atom. The minimum atomic E-state index is -0.328. The van der Waals surface area contributed by atoms with Crippen LogP contribution in [0.25, 0.3) is 10.2 Å². The number of nitrogens with zero attached hydrogens (tertiary/aromatic N) is 4. The summed E-state index contributed by atoms with van der Waals surface area (Å²) in [5.41, 5.74) is 1.54. The maximum absolute atomic E-state index is 13.4. The molecular weight excluding hydrogens is 429 g/mol. The molecular formula is C20H21ClFN5O2S. The van der Waals surface area contributed by atoms with E-state index < -0.39 is 0 Å². The van der Waals surface area contributed by atoms with E-state index in [0.717, 1.165) is 5.56 Å². The van der Waals surface area contributed by atoms with Crippen molar-refractivity contribution in [3.05, 3.63) is 46.9 Å². The van der Waals surface area contributed by atoms with Gasteiger partial charge in [0.05, 0.1) is 15.2 Å². The van der Waals surface area contributed by atoms with Crippen LogP contribution in [0.2, 0.25) is 5.02 Å². The summed E-state index contributed by atoms with van der Waals surface area (Å²) in [5.74, 6) is 0.351. The van der Waals surface area contributed by atoms with E-state index in [1.165, 1.54) is 23.5 Å². The molecule has 1 unspecified atom stereocenters. The average molecular weight is 450 g/mol. The molecule has 0 radical (unpaired) electrons. The Morgan fingerprint density at radius 2 is 2.23 bits per heavy atom. The van der Waals surface area contributed by atoms with Crippen molar-refractivity contribution in [1.82, 2.24) is 14.9 Å². The van der Waals surface area contributed by atoms with Gasteiger partial charge in [-0.1, -0.05) is 22.9 Å². The number of pyridine rings is 1. The minimum Gasteiger partial charge on any atom is -0.396 e. The van der Waals surface area contributed by atoms with E-state index in [1.54, 1.807) is 17.2 Å².